The summed E-state index contributed by atoms with van der Waals surface area (Å²) in [6.07, 6.45) is 3.97. The molecule has 0 amide bonds. The molecule has 1 fully saturated rings. The third-order valence-electron chi connectivity index (χ3n) is 5.60. The molecule has 0 radical (unpaired) electrons. The Labute approximate surface area is 183 Å². The first-order valence-corrected chi connectivity index (χ1v) is 10.4. The number of carbonyl (C=O) groups is 2. The lowest BCUT2D eigenvalue weighted by Gasteiger charge is -2.12. The first kappa shape index (κ1) is 19.4. The Kier molecular flexibility index (Phi) is 4.75. The van der Waals surface area contributed by atoms with Gasteiger partial charge in [-0.2, -0.15) is 0 Å². The lowest BCUT2D eigenvalue weighted by molar-refractivity contribution is 0.0697. The number of fused-ring (bicyclic) bond motifs is 1. The van der Waals surface area contributed by atoms with Crippen LogP contribution in [0.1, 0.15) is 45.0 Å². The summed E-state index contributed by atoms with van der Waals surface area (Å²) in [7, 11) is 0. The van der Waals surface area contributed by atoms with E-state index in [-0.39, 0.29) is 11.5 Å². The molecule has 5 rings (SSSR count). The number of aromatic nitrogens is 1. The third kappa shape index (κ3) is 3.80. The summed E-state index contributed by atoms with van der Waals surface area (Å²) in [5, 5.41) is 14.3. The lowest BCUT2D eigenvalue weighted by atomic mass is 10.0. The number of aromatic carboxylic acids is 1. The topological polar surface area (TPSA) is 71.3 Å². The number of rotatable bonds is 5. The van der Waals surface area contributed by atoms with Crippen molar-refractivity contribution in [3.05, 3.63) is 94.6 Å². The highest BCUT2D eigenvalue weighted by molar-refractivity contribution is 6.30. The zero-order valence-electron chi connectivity index (χ0n) is 16.5. The van der Waals surface area contributed by atoms with E-state index in [1.807, 2.05) is 36.4 Å². The number of anilines is 2. The quantitative estimate of drug-likeness (QED) is 0.389. The van der Waals surface area contributed by atoms with Crippen LogP contribution in [0.5, 0.6) is 0 Å². The molecule has 1 saturated carbocycles. The molecule has 1 aromatic heterocycles. The van der Waals surface area contributed by atoms with Gasteiger partial charge in [-0.05, 0) is 85.0 Å². The van der Waals surface area contributed by atoms with Gasteiger partial charge in [-0.15, -0.1) is 0 Å². The summed E-state index contributed by atoms with van der Waals surface area (Å²) >= 11 is 5.92. The van der Waals surface area contributed by atoms with Crippen molar-refractivity contribution >= 4 is 45.8 Å². The van der Waals surface area contributed by atoms with Crippen molar-refractivity contribution in [2.24, 2.45) is 0 Å². The fourth-order valence-electron chi connectivity index (χ4n) is 3.80. The van der Waals surface area contributed by atoms with Crippen molar-refractivity contribution in [1.82, 2.24) is 4.57 Å². The van der Waals surface area contributed by atoms with Gasteiger partial charge in [0.15, 0.2) is 0 Å². The molecule has 0 atom stereocenters. The van der Waals surface area contributed by atoms with Gasteiger partial charge < -0.3 is 10.4 Å². The fraction of sp³-hybridized carbons (Fsp3) is 0.120. The van der Waals surface area contributed by atoms with E-state index in [1.165, 1.54) is 0 Å². The Hall–Kier alpha value is -3.57. The van der Waals surface area contributed by atoms with Crippen molar-refractivity contribution in [3.8, 4) is 0 Å². The number of carboxylic acids is 1. The van der Waals surface area contributed by atoms with Crippen molar-refractivity contribution < 1.29 is 14.7 Å². The maximum atomic E-state index is 12.9. The summed E-state index contributed by atoms with van der Waals surface area (Å²) in [5.41, 5.74) is 3.97. The van der Waals surface area contributed by atoms with Gasteiger partial charge in [-0.1, -0.05) is 17.7 Å². The molecule has 3 aromatic carbocycles. The molecule has 1 aliphatic rings. The molecule has 6 heteroatoms. The zero-order chi connectivity index (χ0) is 21.5. The number of nitrogens with zero attached hydrogens (tertiary/aromatic N) is 1. The van der Waals surface area contributed by atoms with Crippen LogP contribution in [0, 0.1) is 0 Å². The van der Waals surface area contributed by atoms with Crippen LogP contribution in [-0.2, 0) is 0 Å². The number of carboxylic acid groups (broad SMARTS) is 1. The number of nitrogens with one attached hydrogen (secondary N) is 1. The minimum Gasteiger partial charge on any atom is -0.478 e. The number of benzene rings is 3. The van der Waals surface area contributed by atoms with Crippen LogP contribution < -0.4 is 5.32 Å². The summed E-state index contributed by atoms with van der Waals surface area (Å²) in [5.74, 6) is -0.608. The van der Waals surface area contributed by atoms with Gasteiger partial charge in [0, 0.05) is 27.9 Å². The van der Waals surface area contributed by atoms with Crippen LogP contribution in [0.25, 0.3) is 10.9 Å². The average molecular weight is 431 g/mol. The predicted molar refractivity (Wildman–Crippen MR) is 122 cm³/mol. The molecular weight excluding hydrogens is 412 g/mol. The molecule has 154 valence electrons. The minimum absolute atomic E-state index is 0.142. The second-order valence-corrected chi connectivity index (χ2v) is 8.22. The molecule has 2 N–H and O–H groups in total. The largest absolute Gasteiger partial charge is 0.478 e. The van der Waals surface area contributed by atoms with Crippen molar-refractivity contribution in [2.75, 3.05) is 5.32 Å². The second-order valence-electron chi connectivity index (χ2n) is 7.78. The molecule has 31 heavy (non-hydrogen) atoms. The highest BCUT2D eigenvalue weighted by atomic mass is 35.5. The van der Waals surface area contributed by atoms with Crippen LogP contribution in [0.4, 0.5) is 11.4 Å². The predicted octanol–water partition coefficient (Wildman–Crippen LogP) is 6.30. The van der Waals surface area contributed by atoms with E-state index in [0.29, 0.717) is 22.2 Å². The van der Waals surface area contributed by atoms with Crippen LogP contribution in [0.2, 0.25) is 5.02 Å². The number of hydrogen-bond donors (Lipinski definition) is 2. The van der Waals surface area contributed by atoms with E-state index in [0.717, 1.165) is 35.0 Å². The smallest absolute Gasteiger partial charge is 0.337 e. The van der Waals surface area contributed by atoms with Gasteiger partial charge in [-0.25, -0.2) is 4.79 Å². The van der Waals surface area contributed by atoms with Crippen LogP contribution in [0.3, 0.4) is 0 Å². The maximum Gasteiger partial charge on any atom is 0.337 e. The monoisotopic (exact) mass is 430 g/mol. The van der Waals surface area contributed by atoms with E-state index >= 15 is 0 Å². The van der Waals surface area contributed by atoms with Crippen LogP contribution in [-0.4, -0.2) is 21.6 Å². The Morgan fingerprint density at radius 2 is 1.74 bits per heavy atom. The molecule has 4 aromatic rings. The molecule has 0 saturated heterocycles. The lowest BCUT2D eigenvalue weighted by Crippen LogP contribution is -2.10. The number of halogens is 1. The van der Waals surface area contributed by atoms with E-state index in [9.17, 15) is 14.7 Å². The summed E-state index contributed by atoms with van der Waals surface area (Å²) in [6.45, 7) is 0. The molecule has 0 aliphatic heterocycles. The summed E-state index contributed by atoms with van der Waals surface area (Å²) in [4.78, 5) is 24.6. The van der Waals surface area contributed by atoms with Crippen molar-refractivity contribution in [3.63, 3.8) is 0 Å². The first-order chi connectivity index (χ1) is 15.0. The SMILES string of the molecule is O=C(O)c1cc(C2CC2)ccc1Nc1ccc2c(ccn2C(=O)c2ccc(Cl)cc2)c1. The third-order valence-corrected chi connectivity index (χ3v) is 5.85. The Morgan fingerprint density at radius 3 is 2.45 bits per heavy atom. The van der Waals surface area contributed by atoms with Crippen LogP contribution >= 0.6 is 11.6 Å². The standard InChI is InChI=1S/C25H19ClN2O3/c26-19-6-3-16(4-7-19)24(29)28-12-11-18-13-20(8-10-23(18)28)27-22-9-5-17(15-1-2-15)14-21(22)25(30)31/h3-15,27H,1-2H2,(H,30,31). The molecule has 1 aliphatic carbocycles. The van der Waals surface area contributed by atoms with Crippen LogP contribution in [0.15, 0.2) is 72.9 Å². The molecular formula is C25H19ClN2O3. The number of hydrogen-bond acceptors (Lipinski definition) is 3. The molecule has 1 heterocycles. The summed E-state index contributed by atoms with van der Waals surface area (Å²) in [6, 6.07) is 19.8. The highest BCUT2D eigenvalue weighted by Gasteiger charge is 2.25. The van der Waals surface area contributed by atoms with Crippen molar-refractivity contribution in [2.45, 2.75) is 18.8 Å². The van der Waals surface area contributed by atoms with Gasteiger partial charge in [0.2, 0.25) is 0 Å². The van der Waals surface area contributed by atoms with Gasteiger partial charge >= 0.3 is 5.97 Å². The molecule has 5 nitrogen and oxygen atoms in total. The van der Waals surface area contributed by atoms with Gasteiger partial charge in [0.1, 0.15) is 0 Å². The average Bonchev–Trinajstić information content (AvgIpc) is 3.53. The maximum absolute atomic E-state index is 12.9. The minimum atomic E-state index is -0.953. The normalized spacial score (nSPS) is 13.3. The van der Waals surface area contributed by atoms with E-state index in [1.54, 1.807) is 41.1 Å². The molecule has 0 unspecified atom stereocenters. The Balaban J connectivity index is 1.44. The van der Waals surface area contributed by atoms with Gasteiger partial charge in [0.25, 0.3) is 5.91 Å². The van der Waals surface area contributed by atoms with E-state index in [4.69, 9.17) is 11.6 Å². The highest BCUT2D eigenvalue weighted by Crippen LogP contribution is 2.41. The van der Waals surface area contributed by atoms with Gasteiger partial charge in [-0.3, -0.25) is 9.36 Å². The summed E-state index contributed by atoms with van der Waals surface area (Å²) < 4.78 is 1.59. The van der Waals surface area contributed by atoms with Gasteiger partial charge in [0.05, 0.1) is 16.8 Å². The molecule has 0 bridgehead atoms. The fourth-order valence-corrected chi connectivity index (χ4v) is 3.93. The van der Waals surface area contributed by atoms with E-state index < -0.39 is 5.97 Å². The number of carbonyl (C=O) groups excluding carboxylic acids is 1. The second kappa shape index (κ2) is 7.60. The Morgan fingerprint density at radius 1 is 0.968 bits per heavy atom. The van der Waals surface area contributed by atoms with E-state index in [2.05, 4.69) is 5.32 Å². The molecule has 0 spiro atoms. The zero-order valence-corrected chi connectivity index (χ0v) is 17.3. The van der Waals surface area contributed by atoms with Crippen molar-refractivity contribution in [1.29, 1.82) is 0 Å². The Bertz CT molecular complexity index is 1320. The first-order valence-electron chi connectivity index (χ1n) is 10.1.